The van der Waals surface area contributed by atoms with Crippen molar-refractivity contribution >= 4 is 11.9 Å². The molecule has 0 unspecified atom stereocenters. The maximum absolute atomic E-state index is 11.5. The van der Waals surface area contributed by atoms with Crippen LogP contribution in [0.4, 0.5) is 0 Å². The lowest BCUT2D eigenvalue weighted by Crippen LogP contribution is -2.44. The van der Waals surface area contributed by atoms with Gasteiger partial charge >= 0.3 is 5.97 Å². The van der Waals surface area contributed by atoms with Gasteiger partial charge in [-0.1, -0.05) is 13.3 Å². The number of hydrogen-bond donors (Lipinski definition) is 1. The summed E-state index contributed by atoms with van der Waals surface area (Å²) in [5, 5.41) is 2.68. The predicted molar refractivity (Wildman–Crippen MR) is 56.2 cm³/mol. The largest absolute Gasteiger partial charge is 0.464 e. The van der Waals surface area contributed by atoms with Gasteiger partial charge in [0.25, 0.3) is 0 Å². The quantitative estimate of drug-likeness (QED) is 0.699. The lowest BCUT2D eigenvalue weighted by molar-refractivity contribution is -0.148. The number of carbonyl (C=O) groups is 2. The molecule has 0 saturated heterocycles. The molecule has 1 fully saturated rings. The smallest absolute Gasteiger partial charge is 0.328 e. The average molecular weight is 213 g/mol. The maximum Gasteiger partial charge on any atom is 0.328 e. The van der Waals surface area contributed by atoms with Crippen molar-refractivity contribution in [3.63, 3.8) is 0 Å². The van der Waals surface area contributed by atoms with Gasteiger partial charge in [-0.2, -0.15) is 0 Å². The number of hydrogen-bond acceptors (Lipinski definition) is 3. The molecule has 1 saturated carbocycles. The predicted octanol–water partition coefficient (Wildman–Crippen LogP) is 1.24. The summed E-state index contributed by atoms with van der Waals surface area (Å²) in [6.45, 7) is 4.02. The number of rotatable bonds is 5. The first kappa shape index (κ1) is 12.0. The monoisotopic (exact) mass is 213 g/mol. The standard InChI is InChI=1S/C11H19NO3/c1-3-7-15-11(14)8(2)12-10(13)9-5-4-6-9/h8-9H,3-7H2,1-2H3,(H,12,13)/t8-/m1/s1. The molecule has 4 nitrogen and oxygen atoms in total. The molecule has 1 amide bonds. The summed E-state index contributed by atoms with van der Waals surface area (Å²) in [6, 6.07) is -0.523. The summed E-state index contributed by atoms with van der Waals surface area (Å²) in [5.41, 5.74) is 0. The Kier molecular flexibility index (Phi) is 4.59. The van der Waals surface area contributed by atoms with Gasteiger partial charge in [0.15, 0.2) is 0 Å². The van der Waals surface area contributed by atoms with Crippen molar-refractivity contribution in [2.45, 2.75) is 45.6 Å². The zero-order valence-electron chi connectivity index (χ0n) is 9.41. The van der Waals surface area contributed by atoms with Gasteiger partial charge in [0.05, 0.1) is 6.61 Å². The SMILES string of the molecule is CCCOC(=O)[C@@H](C)NC(=O)C1CCC1. The van der Waals surface area contributed by atoms with Crippen LogP contribution in [0.15, 0.2) is 0 Å². The van der Waals surface area contributed by atoms with E-state index >= 15 is 0 Å². The average Bonchev–Trinajstić information content (AvgIpc) is 2.10. The number of ether oxygens (including phenoxy) is 1. The van der Waals surface area contributed by atoms with Crippen LogP contribution in [0.2, 0.25) is 0 Å². The fraction of sp³-hybridized carbons (Fsp3) is 0.818. The second-order valence-corrected chi connectivity index (χ2v) is 4.03. The minimum absolute atomic E-state index is 0.0119. The van der Waals surface area contributed by atoms with Gasteiger partial charge in [-0.05, 0) is 26.2 Å². The zero-order valence-corrected chi connectivity index (χ0v) is 9.41. The highest BCUT2D eigenvalue weighted by molar-refractivity contribution is 5.85. The summed E-state index contributed by atoms with van der Waals surface area (Å²) in [5.74, 6) is -0.238. The molecule has 0 spiro atoms. The topological polar surface area (TPSA) is 55.4 Å². The molecule has 1 rings (SSSR count). The first-order valence-corrected chi connectivity index (χ1v) is 5.62. The number of esters is 1. The van der Waals surface area contributed by atoms with Crippen molar-refractivity contribution < 1.29 is 14.3 Å². The van der Waals surface area contributed by atoms with E-state index in [1.54, 1.807) is 6.92 Å². The van der Waals surface area contributed by atoms with Gasteiger partial charge in [-0.25, -0.2) is 4.79 Å². The van der Waals surface area contributed by atoms with E-state index in [9.17, 15) is 9.59 Å². The highest BCUT2D eigenvalue weighted by atomic mass is 16.5. The van der Waals surface area contributed by atoms with E-state index in [1.807, 2.05) is 6.92 Å². The van der Waals surface area contributed by atoms with Crippen LogP contribution in [-0.2, 0) is 14.3 Å². The third-order valence-corrected chi connectivity index (χ3v) is 2.64. The van der Waals surface area contributed by atoms with Crippen molar-refractivity contribution in [3.05, 3.63) is 0 Å². The Hall–Kier alpha value is -1.06. The van der Waals surface area contributed by atoms with Gasteiger partial charge in [0.1, 0.15) is 6.04 Å². The molecule has 0 aromatic rings. The Morgan fingerprint density at radius 2 is 2.13 bits per heavy atom. The molecular formula is C11H19NO3. The van der Waals surface area contributed by atoms with E-state index < -0.39 is 6.04 Å². The van der Waals surface area contributed by atoms with Crippen LogP contribution in [0.25, 0.3) is 0 Å². The molecule has 0 aliphatic heterocycles. The minimum Gasteiger partial charge on any atom is -0.464 e. The third-order valence-electron chi connectivity index (χ3n) is 2.64. The summed E-state index contributed by atoms with van der Waals surface area (Å²) >= 11 is 0. The number of nitrogens with one attached hydrogen (secondary N) is 1. The summed E-state index contributed by atoms with van der Waals surface area (Å²) in [6.07, 6.45) is 3.81. The van der Waals surface area contributed by atoms with Crippen LogP contribution < -0.4 is 5.32 Å². The van der Waals surface area contributed by atoms with Gasteiger partial charge in [-0.15, -0.1) is 0 Å². The van der Waals surface area contributed by atoms with Crippen LogP contribution in [-0.4, -0.2) is 24.5 Å². The van der Waals surface area contributed by atoms with Gasteiger partial charge in [0, 0.05) is 5.92 Å². The van der Waals surface area contributed by atoms with Crippen molar-refractivity contribution in [1.82, 2.24) is 5.32 Å². The summed E-state index contributed by atoms with van der Waals surface area (Å²) < 4.78 is 4.93. The molecule has 0 bridgehead atoms. The van der Waals surface area contributed by atoms with Crippen LogP contribution in [0, 0.1) is 5.92 Å². The van der Waals surface area contributed by atoms with Crippen LogP contribution in [0.3, 0.4) is 0 Å². The van der Waals surface area contributed by atoms with Gasteiger partial charge in [-0.3, -0.25) is 4.79 Å². The van der Waals surface area contributed by atoms with E-state index in [-0.39, 0.29) is 17.8 Å². The lowest BCUT2D eigenvalue weighted by atomic mass is 9.84. The first-order valence-electron chi connectivity index (χ1n) is 5.62. The molecular weight excluding hydrogens is 194 g/mol. The molecule has 15 heavy (non-hydrogen) atoms. The van der Waals surface area contributed by atoms with Crippen molar-refractivity contribution in [2.75, 3.05) is 6.61 Å². The fourth-order valence-corrected chi connectivity index (χ4v) is 1.39. The minimum atomic E-state index is -0.523. The normalized spacial score (nSPS) is 17.7. The lowest BCUT2D eigenvalue weighted by Gasteiger charge is -2.25. The first-order chi connectivity index (χ1) is 7.15. The Morgan fingerprint density at radius 1 is 1.47 bits per heavy atom. The molecule has 1 aliphatic rings. The van der Waals surface area contributed by atoms with Crippen molar-refractivity contribution in [2.24, 2.45) is 5.92 Å². The van der Waals surface area contributed by atoms with Crippen molar-refractivity contribution in [3.8, 4) is 0 Å². The second kappa shape index (κ2) is 5.73. The van der Waals surface area contributed by atoms with Crippen LogP contribution >= 0.6 is 0 Å². The highest BCUT2D eigenvalue weighted by Gasteiger charge is 2.27. The summed E-state index contributed by atoms with van der Waals surface area (Å²) in [7, 11) is 0. The second-order valence-electron chi connectivity index (χ2n) is 4.03. The van der Waals surface area contributed by atoms with Crippen molar-refractivity contribution in [1.29, 1.82) is 0 Å². The van der Waals surface area contributed by atoms with E-state index in [0.717, 1.165) is 25.7 Å². The maximum atomic E-state index is 11.5. The Labute approximate surface area is 90.4 Å². The summed E-state index contributed by atoms with van der Waals surface area (Å²) in [4.78, 5) is 22.8. The molecule has 0 aromatic carbocycles. The molecule has 86 valence electrons. The fourth-order valence-electron chi connectivity index (χ4n) is 1.39. The van der Waals surface area contributed by atoms with Crippen LogP contribution in [0.5, 0.6) is 0 Å². The van der Waals surface area contributed by atoms with E-state index in [1.165, 1.54) is 0 Å². The van der Waals surface area contributed by atoms with E-state index in [2.05, 4.69) is 5.32 Å². The Morgan fingerprint density at radius 3 is 2.60 bits per heavy atom. The number of carbonyl (C=O) groups excluding carboxylic acids is 2. The Bertz CT molecular complexity index is 236. The molecule has 0 heterocycles. The zero-order chi connectivity index (χ0) is 11.3. The number of amides is 1. The van der Waals surface area contributed by atoms with Crippen LogP contribution in [0.1, 0.15) is 39.5 Å². The third kappa shape index (κ3) is 3.53. The van der Waals surface area contributed by atoms with Gasteiger partial charge < -0.3 is 10.1 Å². The highest BCUT2D eigenvalue weighted by Crippen LogP contribution is 2.26. The van der Waals surface area contributed by atoms with E-state index in [4.69, 9.17) is 4.74 Å². The Balaban J connectivity index is 2.24. The molecule has 4 heteroatoms. The molecule has 0 aromatic heterocycles. The van der Waals surface area contributed by atoms with Gasteiger partial charge in [0.2, 0.25) is 5.91 Å². The van der Waals surface area contributed by atoms with E-state index in [0.29, 0.717) is 6.61 Å². The molecule has 0 radical (unpaired) electrons. The molecule has 1 atom stereocenters. The molecule has 1 aliphatic carbocycles. The molecule has 1 N–H and O–H groups in total.